The van der Waals surface area contributed by atoms with Crippen LogP contribution in [-0.2, 0) is 11.2 Å². The Morgan fingerprint density at radius 2 is 2.27 bits per heavy atom. The van der Waals surface area contributed by atoms with E-state index in [9.17, 15) is 9.18 Å². The lowest BCUT2D eigenvalue weighted by molar-refractivity contribution is -0.136. The molecule has 1 aromatic carbocycles. The van der Waals surface area contributed by atoms with Gasteiger partial charge in [0.2, 0.25) is 0 Å². The Kier molecular flexibility index (Phi) is 4.09. The third-order valence-corrected chi connectivity index (χ3v) is 1.95. The number of rotatable bonds is 5. The second-order valence-electron chi connectivity index (χ2n) is 3.06. The van der Waals surface area contributed by atoms with Crippen molar-refractivity contribution in [3.63, 3.8) is 0 Å². The minimum absolute atomic E-state index is 0.0769. The van der Waals surface area contributed by atoms with Crippen LogP contribution in [0.5, 0.6) is 5.75 Å². The molecule has 0 aliphatic rings. The molecule has 0 saturated heterocycles. The van der Waals surface area contributed by atoms with Crippen LogP contribution in [0.15, 0.2) is 18.2 Å². The van der Waals surface area contributed by atoms with Gasteiger partial charge in [-0.2, -0.15) is 0 Å². The quantitative estimate of drug-likeness (QED) is 0.814. The summed E-state index contributed by atoms with van der Waals surface area (Å²) < 4.78 is 18.7. The first-order valence-electron chi connectivity index (χ1n) is 4.77. The number of ether oxygens (including phenoxy) is 1. The molecule has 82 valence electrons. The number of hydrogen-bond donors (Lipinski definition) is 1. The highest BCUT2D eigenvalue weighted by atomic mass is 19.1. The van der Waals surface area contributed by atoms with Crippen molar-refractivity contribution in [2.75, 3.05) is 6.61 Å². The van der Waals surface area contributed by atoms with Crippen LogP contribution < -0.4 is 4.74 Å². The molecule has 3 nitrogen and oxygen atoms in total. The molecule has 0 unspecified atom stereocenters. The first-order valence-corrected chi connectivity index (χ1v) is 4.77. The van der Waals surface area contributed by atoms with Gasteiger partial charge in [-0.3, -0.25) is 4.79 Å². The first-order chi connectivity index (χ1) is 7.15. The van der Waals surface area contributed by atoms with Crippen LogP contribution in [0.4, 0.5) is 4.39 Å². The SMILES string of the molecule is CCOc1cccc(CCC(=O)O)c1F. The number of hydrogen-bond acceptors (Lipinski definition) is 2. The van der Waals surface area contributed by atoms with E-state index in [-0.39, 0.29) is 18.6 Å². The summed E-state index contributed by atoms with van der Waals surface area (Å²) in [7, 11) is 0. The van der Waals surface area contributed by atoms with E-state index in [1.165, 1.54) is 6.07 Å². The maximum atomic E-state index is 13.6. The highest BCUT2D eigenvalue weighted by molar-refractivity contribution is 5.67. The summed E-state index contributed by atoms with van der Waals surface area (Å²) in [5.74, 6) is -1.21. The summed E-state index contributed by atoms with van der Waals surface area (Å²) in [6, 6.07) is 4.76. The summed E-state index contributed by atoms with van der Waals surface area (Å²) in [5, 5.41) is 8.48. The Morgan fingerprint density at radius 3 is 2.87 bits per heavy atom. The summed E-state index contributed by atoms with van der Waals surface area (Å²) in [6.07, 6.45) is 0.106. The van der Waals surface area contributed by atoms with Gasteiger partial charge in [0.05, 0.1) is 6.61 Å². The molecule has 0 bridgehead atoms. The van der Waals surface area contributed by atoms with Crippen LogP contribution in [0, 0.1) is 5.82 Å². The van der Waals surface area contributed by atoms with Crippen LogP contribution in [0.25, 0.3) is 0 Å². The van der Waals surface area contributed by atoms with Crippen LogP contribution in [0.1, 0.15) is 18.9 Å². The van der Waals surface area contributed by atoms with E-state index in [2.05, 4.69) is 0 Å². The minimum atomic E-state index is -0.934. The van der Waals surface area contributed by atoms with Crippen molar-refractivity contribution in [1.82, 2.24) is 0 Å². The number of halogens is 1. The topological polar surface area (TPSA) is 46.5 Å². The second kappa shape index (κ2) is 5.34. The third-order valence-electron chi connectivity index (χ3n) is 1.95. The number of aliphatic carboxylic acids is 1. The Morgan fingerprint density at radius 1 is 1.53 bits per heavy atom. The van der Waals surface area contributed by atoms with Gasteiger partial charge in [-0.15, -0.1) is 0 Å². The molecule has 0 atom stereocenters. The lowest BCUT2D eigenvalue weighted by Gasteiger charge is -2.07. The van der Waals surface area contributed by atoms with Crippen molar-refractivity contribution in [1.29, 1.82) is 0 Å². The average Bonchev–Trinajstić information content (AvgIpc) is 2.19. The normalized spacial score (nSPS) is 10.0. The highest BCUT2D eigenvalue weighted by Crippen LogP contribution is 2.21. The van der Waals surface area contributed by atoms with E-state index in [0.717, 1.165) is 0 Å². The molecule has 0 amide bonds. The first kappa shape index (κ1) is 11.5. The fraction of sp³-hybridized carbons (Fsp3) is 0.364. The highest BCUT2D eigenvalue weighted by Gasteiger charge is 2.09. The molecule has 0 aliphatic carbocycles. The second-order valence-corrected chi connectivity index (χ2v) is 3.06. The lowest BCUT2D eigenvalue weighted by atomic mass is 10.1. The van der Waals surface area contributed by atoms with Gasteiger partial charge in [0.1, 0.15) is 0 Å². The van der Waals surface area contributed by atoms with Crippen molar-refractivity contribution in [3.05, 3.63) is 29.6 Å². The molecular weight excluding hydrogens is 199 g/mol. The van der Waals surface area contributed by atoms with Crippen molar-refractivity contribution in [2.45, 2.75) is 19.8 Å². The van der Waals surface area contributed by atoms with Crippen LogP contribution in [0.3, 0.4) is 0 Å². The largest absolute Gasteiger partial charge is 0.491 e. The summed E-state index contributed by atoms with van der Waals surface area (Å²) in [5.41, 5.74) is 0.378. The summed E-state index contributed by atoms with van der Waals surface area (Å²) >= 11 is 0. The molecule has 0 fully saturated rings. The number of aryl methyl sites for hydroxylation is 1. The summed E-state index contributed by atoms with van der Waals surface area (Å²) in [6.45, 7) is 2.16. The standard InChI is InChI=1S/C11H13FO3/c1-2-15-9-5-3-4-8(11(9)12)6-7-10(13)14/h3-5H,2,6-7H2,1H3,(H,13,14). The van der Waals surface area contributed by atoms with Crippen molar-refractivity contribution in [2.24, 2.45) is 0 Å². The molecule has 0 aliphatic heterocycles. The van der Waals surface area contributed by atoms with Crippen molar-refractivity contribution < 1.29 is 19.0 Å². The number of benzene rings is 1. The Hall–Kier alpha value is -1.58. The zero-order chi connectivity index (χ0) is 11.3. The molecule has 1 rings (SSSR count). The molecule has 0 radical (unpaired) electrons. The number of carboxylic acids is 1. The number of carboxylic acid groups (broad SMARTS) is 1. The molecule has 1 N–H and O–H groups in total. The van der Waals surface area contributed by atoms with Gasteiger partial charge >= 0.3 is 5.97 Å². The molecular formula is C11H13FO3. The average molecular weight is 212 g/mol. The molecule has 0 heterocycles. The van der Waals surface area contributed by atoms with Crippen molar-refractivity contribution >= 4 is 5.97 Å². The van der Waals surface area contributed by atoms with Crippen LogP contribution in [-0.4, -0.2) is 17.7 Å². The van der Waals surface area contributed by atoms with E-state index in [1.54, 1.807) is 19.1 Å². The zero-order valence-electron chi connectivity index (χ0n) is 8.50. The van der Waals surface area contributed by atoms with Gasteiger partial charge in [-0.25, -0.2) is 4.39 Å². The van der Waals surface area contributed by atoms with Gasteiger partial charge < -0.3 is 9.84 Å². The molecule has 4 heteroatoms. The maximum absolute atomic E-state index is 13.6. The maximum Gasteiger partial charge on any atom is 0.303 e. The van der Waals surface area contributed by atoms with E-state index >= 15 is 0 Å². The molecule has 0 spiro atoms. The van der Waals surface area contributed by atoms with Crippen LogP contribution >= 0.6 is 0 Å². The molecule has 0 aromatic heterocycles. The fourth-order valence-corrected chi connectivity index (χ4v) is 1.26. The third kappa shape index (κ3) is 3.23. The van der Waals surface area contributed by atoms with E-state index in [0.29, 0.717) is 12.2 Å². The predicted octanol–water partition coefficient (Wildman–Crippen LogP) is 2.24. The van der Waals surface area contributed by atoms with E-state index in [4.69, 9.17) is 9.84 Å². The number of carbonyl (C=O) groups is 1. The summed E-state index contributed by atoms with van der Waals surface area (Å²) in [4.78, 5) is 10.3. The Labute approximate surface area is 87.5 Å². The lowest BCUT2D eigenvalue weighted by Crippen LogP contribution is -2.02. The molecule has 15 heavy (non-hydrogen) atoms. The van der Waals surface area contributed by atoms with Gasteiger partial charge in [0, 0.05) is 6.42 Å². The zero-order valence-corrected chi connectivity index (χ0v) is 8.50. The Balaban J connectivity index is 2.79. The van der Waals surface area contributed by atoms with Gasteiger partial charge in [0.25, 0.3) is 0 Å². The van der Waals surface area contributed by atoms with Gasteiger partial charge in [-0.1, -0.05) is 12.1 Å². The van der Waals surface area contributed by atoms with Crippen molar-refractivity contribution in [3.8, 4) is 5.75 Å². The molecule has 0 saturated carbocycles. The van der Waals surface area contributed by atoms with Crippen LogP contribution in [0.2, 0.25) is 0 Å². The predicted molar refractivity (Wildman–Crippen MR) is 53.5 cm³/mol. The van der Waals surface area contributed by atoms with Gasteiger partial charge in [-0.05, 0) is 25.0 Å². The monoisotopic (exact) mass is 212 g/mol. The fourth-order valence-electron chi connectivity index (χ4n) is 1.26. The van der Waals surface area contributed by atoms with Gasteiger partial charge in [0.15, 0.2) is 11.6 Å². The Bertz CT molecular complexity index is 350. The smallest absolute Gasteiger partial charge is 0.303 e. The van der Waals surface area contributed by atoms with E-state index in [1.807, 2.05) is 0 Å². The molecule has 1 aromatic rings. The minimum Gasteiger partial charge on any atom is -0.491 e. The van der Waals surface area contributed by atoms with E-state index < -0.39 is 11.8 Å².